The van der Waals surface area contributed by atoms with Crippen LogP contribution in [0, 0.1) is 10.1 Å². The van der Waals surface area contributed by atoms with Gasteiger partial charge in [-0.25, -0.2) is 0 Å². The Kier molecular flexibility index (Phi) is 5.00. The number of ether oxygens (including phenoxy) is 1. The molecular weight excluding hydrogens is 292 g/mol. The van der Waals surface area contributed by atoms with E-state index in [-0.39, 0.29) is 5.69 Å². The van der Waals surface area contributed by atoms with Gasteiger partial charge in [0, 0.05) is 29.4 Å². The lowest BCUT2D eigenvalue weighted by atomic mass is 10.2. The molecule has 6 heteroatoms. The van der Waals surface area contributed by atoms with Crippen LogP contribution in [-0.2, 0) is 6.61 Å². The van der Waals surface area contributed by atoms with Crippen LogP contribution >= 0.6 is 11.6 Å². The van der Waals surface area contributed by atoms with Crippen molar-refractivity contribution in [3.8, 4) is 5.75 Å². The Bertz CT molecular complexity index is 647. The summed E-state index contributed by atoms with van der Waals surface area (Å²) in [7, 11) is 0. The standard InChI is InChI=1S/C15H15ClN2O3/c1-2-17-13-7-14(18(19)20)9-15(8-13)21-10-11-4-3-5-12(16)6-11/h3-9,17H,2,10H2,1H3. The van der Waals surface area contributed by atoms with Crippen LogP contribution in [0.2, 0.25) is 5.02 Å². The van der Waals surface area contributed by atoms with Gasteiger partial charge in [-0.3, -0.25) is 10.1 Å². The lowest BCUT2D eigenvalue weighted by molar-refractivity contribution is -0.384. The summed E-state index contributed by atoms with van der Waals surface area (Å²) in [6.07, 6.45) is 0. The summed E-state index contributed by atoms with van der Waals surface area (Å²) in [5.41, 5.74) is 1.56. The number of hydrogen-bond donors (Lipinski definition) is 1. The Hall–Kier alpha value is -2.27. The van der Waals surface area contributed by atoms with Crippen LogP contribution in [-0.4, -0.2) is 11.5 Å². The van der Waals surface area contributed by atoms with Gasteiger partial charge in [0.2, 0.25) is 0 Å². The van der Waals surface area contributed by atoms with E-state index in [1.54, 1.807) is 18.2 Å². The van der Waals surface area contributed by atoms with E-state index < -0.39 is 4.92 Å². The molecule has 0 bridgehead atoms. The second kappa shape index (κ2) is 6.95. The maximum Gasteiger partial charge on any atom is 0.275 e. The summed E-state index contributed by atoms with van der Waals surface area (Å²) < 4.78 is 5.62. The van der Waals surface area contributed by atoms with Crippen molar-refractivity contribution in [3.05, 3.63) is 63.2 Å². The van der Waals surface area contributed by atoms with Crippen LogP contribution in [0.5, 0.6) is 5.75 Å². The molecule has 0 aliphatic heterocycles. The highest BCUT2D eigenvalue weighted by molar-refractivity contribution is 6.30. The minimum Gasteiger partial charge on any atom is -0.489 e. The lowest BCUT2D eigenvalue weighted by Gasteiger charge is -2.09. The Balaban J connectivity index is 2.16. The number of nitrogens with one attached hydrogen (secondary N) is 1. The van der Waals surface area contributed by atoms with Gasteiger partial charge in [0.1, 0.15) is 12.4 Å². The van der Waals surface area contributed by atoms with Gasteiger partial charge in [-0.15, -0.1) is 0 Å². The maximum absolute atomic E-state index is 10.9. The molecule has 0 aromatic heterocycles. The maximum atomic E-state index is 10.9. The highest BCUT2D eigenvalue weighted by Crippen LogP contribution is 2.26. The average Bonchev–Trinajstić information content (AvgIpc) is 2.45. The van der Waals surface area contributed by atoms with Gasteiger partial charge in [-0.2, -0.15) is 0 Å². The first-order chi connectivity index (χ1) is 10.1. The SMILES string of the molecule is CCNc1cc(OCc2cccc(Cl)c2)cc([N+](=O)[O-])c1. The number of non-ortho nitro benzene ring substituents is 1. The molecule has 21 heavy (non-hydrogen) atoms. The minimum absolute atomic E-state index is 0.00505. The molecule has 0 heterocycles. The van der Waals surface area contributed by atoms with E-state index >= 15 is 0 Å². The molecule has 1 N–H and O–H groups in total. The van der Waals surface area contributed by atoms with Crippen molar-refractivity contribution in [2.24, 2.45) is 0 Å². The molecule has 5 nitrogen and oxygen atoms in total. The third-order valence-corrected chi connectivity index (χ3v) is 3.01. The van der Waals surface area contributed by atoms with Crippen molar-refractivity contribution in [1.82, 2.24) is 0 Å². The Morgan fingerprint density at radius 2 is 2.10 bits per heavy atom. The second-order valence-corrected chi connectivity index (χ2v) is 4.86. The Morgan fingerprint density at radius 1 is 1.29 bits per heavy atom. The molecule has 0 aliphatic carbocycles. The summed E-state index contributed by atoms with van der Waals surface area (Å²) >= 11 is 5.90. The van der Waals surface area contributed by atoms with Gasteiger partial charge in [0.25, 0.3) is 5.69 Å². The van der Waals surface area contributed by atoms with Gasteiger partial charge < -0.3 is 10.1 Å². The van der Waals surface area contributed by atoms with Gasteiger partial charge in [0.05, 0.1) is 11.0 Å². The first-order valence-electron chi connectivity index (χ1n) is 6.49. The number of nitro benzene ring substituents is 1. The summed E-state index contributed by atoms with van der Waals surface area (Å²) in [5, 5.41) is 14.6. The molecule has 0 atom stereocenters. The molecule has 0 saturated carbocycles. The summed E-state index contributed by atoms with van der Waals surface area (Å²) in [6.45, 7) is 2.90. The Morgan fingerprint density at radius 3 is 2.76 bits per heavy atom. The zero-order valence-electron chi connectivity index (χ0n) is 11.5. The number of benzene rings is 2. The van der Waals surface area contributed by atoms with E-state index in [0.717, 1.165) is 5.56 Å². The predicted octanol–water partition coefficient (Wildman–Crippen LogP) is 4.26. The topological polar surface area (TPSA) is 64.4 Å². The minimum atomic E-state index is -0.437. The van der Waals surface area contributed by atoms with E-state index in [2.05, 4.69) is 5.32 Å². The van der Waals surface area contributed by atoms with Crippen LogP contribution in [0.3, 0.4) is 0 Å². The number of nitro groups is 1. The molecule has 0 saturated heterocycles. The van der Waals surface area contributed by atoms with Crippen molar-refractivity contribution >= 4 is 23.0 Å². The van der Waals surface area contributed by atoms with Gasteiger partial charge in [-0.1, -0.05) is 23.7 Å². The first kappa shape index (κ1) is 15.1. The molecule has 0 spiro atoms. The predicted molar refractivity (Wildman–Crippen MR) is 83.0 cm³/mol. The molecule has 2 rings (SSSR count). The molecule has 0 aliphatic rings. The monoisotopic (exact) mass is 306 g/mol. The van der Waals surface area contributed by atoms with Crippen LogP contribution in [0.15, 0.2) is 42.5 Å². The van der Waals surface area contributed by atoms with E-state index in [1.165, 1.54) is 12.1 Å². The van der Waals surface area contributed by atoms with E-state index in [1.807, 2.05) is 19.1 Å². The molecule has 2 aromatic carbocycles. The smallest absolute Gasteiger partial charge is 0.275 e. The van der Waals surface area contributed by atoms with Gasteiger partial charge in [-0.05, 0) is 24.6 Å². The molecule has 0 fully saturated rings. The van der Waals surface area contributed by atoms with E-state index in [4.69, 9.17) is 16.3 Å². The largest absolute Gasteiger partial charge is 0.489 e. The zero-order valence-corrected chi connectivity index (χ0v) is 12.3. The summed E-state index contributed by atoms with van der Waals surface area (Å²) in [4.78, 5) is 10.5. The normalized spacial score (nSPS) is 10.2. The van der Waals surface area contributed by atoms with Gasteiger partial charge >= 0.3 is 0 Å². The fourth-order valence-corrected chi connectivity index (χ4v) is 2.08. The number of rotatable bonds is 6. The third-order valence-electron chi connectivity index (χ3n) is 2.78. The van der Waals surface area contributed by atoms with Gasteiger partial charge in [0.15, 0.2) is 0 Å². The van der Waals surface area contributed by atoms with Crippen molar-refractivity contribution in [3.63, 3.8) is 0 Å². The Labute approximate surface area is 127 Å². The highest BCUT2D eigenvalue weighted by Gasteiger charge is 2.10. The number of anilines is 1. The lowest BCUT2D eigenvalue weighted by Crippen LogP contribution is -2.00. The fraction of sp³-hybridized carbons (Fsp3) is 0.200. The molecule has 0 radical (unpaired) electrons. The van der Waals surface area contributed by atoms with Crippen LogP contribution in [0.4, 0.5) is 11.4 Å². The van der Waals surface area contributed by atoms with Crippen molar-refractivity contribution in [2.45, 2.75) is 13.5 Å². The van der Waals surface area contributed by atoms with Crippen molar-refractivity contribution < 1.29 is 9.66 Å². The van der Waals surface area contributed by atoms with Crippen molar-refractivity contribution in [1.29, 1.82) is 0 Å². The number of halogens is 1. The number of hydrogen-bond acceptors (Lipinski definition) is 4. The summed E-state index contributed by atoms with van der Waals surface area (Å²) in [5.74, 6) is 0.445. The highest BCUT2D eigenvalue weighted by atomic mass is 35.5. The molecule has 2 aromatic rings. The number of nitrogens with zero attached hydrogens (tertiary/aromatic N) is 1. The van der Waals surface area contributed by atoms with Crippen molar-refractivity contribution in [2.75, 3.05) is 11.9 Å². The fourth-order valence-electron chi connectivity index (χ4n) is 1.87. The molecule has 0 unspecified atom stereocenters. The van der Waals surface area contributed by atoms with Crippen LogP contribution in [0.1, 0.15) is 12.5 Å². The molecule has 0 amide bonds. The quantitative estimate of drug-likeness (QED) is 0.640. The molecular formula is C15H15ClN2O3. The van der Waals surface area contributed by atoms with E-state index in [0.29, 0.717) is 29.6 Å². The van der Waals surface area contributed by atoms with E-state index in [9.17, 15) is 10.1 Å². The second-order valence-electron chi connectivity index (χ2n) is 4.42. The average molecular weight is 307 g/mol. The molecule has 110 valence electrons. The zero-order chi connectivity index (χ0) is 15.2. The van der Waals surface area contributed by atoms with Crippen LogP contribution < -0.4 is 10.1 Å². The van der Waals surface area contributed by atoms with Crippen LogP contribution in [0.25, 0.3) is 0 Å². The first-order valence-corrected chi connectivity index (χ1v) is 6.87. The third kappa shape index (κ3) is 4.36. The summed E-state index contributed by atoms with van der Waals surface area (Å²) in [6, 6.07) is 11.9.